The number of nitrogens with zero attached hydrogens (tertiary/aromatic N) is 1. The Labute approximate surface area is 109 Å². The first-order valence-corrected chi connectivity index (χ1v) is 6.86. The van der Waals surface area contributed by atoms with Gasteiger partial charge in [0.05, 0.1) is 37.8 Å². The van der Waals surface area contributed by atoms with E-state index < -0.39 is 0 Å². The van der Waals surface area contributed by atoms with Crippen LogP contribution in [0, 0.1) is 0 Å². The van der Waals surface area contributed by atoms with Crippen LogP contribution in [0.5, 0.6) is 0 Å². The van der Waals surface area contributed by atoms with Crippen molar-refractivity contribution in [1.29, 1.82) is 0 Å². The van der Waals surface area contributed by atoms with Crippen molar-refractivity contribution in [2.45, 2.75) is 43.8 Å². The summed E-state index contributed by atoms with van der Waals surface area (Å²) in [6, 6.07) is 0.685. The molecule has 0 bridgehead atoms. The van der Waals surface area contributed by atoms with E-state index in [4.69, 9.17) is 9.47 Å². The third-order valence-corrected chi connectivity index (χ3v) is 3.77. The highest BCUT2D eigenvalue weighted by atomic mass is 32.1. The molecule has 0 aliphatic carbocycles. The summed E-state index contributed by atoms with van der Waals surface area (Å²) >= 11 is 4.45. The quantitative estimate of drug-likeness (QED) is 0.681. The summed E-state index contributed by atoms with van der Waals surface area (Å²) in [4.78, 5) is 2.52. The average molecular weight is 260 g/mol. The first-order valence-electron chi connectivity index (χ1n) is 6.35. The molecule has 3 unspecified atom stereocenters. The molecule has 5 heteroatoms. The van der Waals surface area contributed by atoms with Gasteiger partial charge in [0.1, 0.15) is 0 Å². The van der Waals surface area contributed by atoms with Crippen LogP contribution in [0.15, 0.2) is 0 Å². The summed E-state index contributed by atoms with van der Waals surface area (Å²) in [7, 11) is 0. The zero-order chi connectivity index (χ0) is 12.5. The van der Waals surface area contributed by atoms with Crippen LogP contribution in [0.4, 0.5) is 0 Å². The Morgan fingerprint density at radius 2 is 1.94 bits per heavy atom. The number of morpholine rings is 2. The second-order valence-corrected chi connectivity index (χ2v) is 6.46. The molecule has 2 saturated heterocycles. The van der Waals surface area contributed by atoms with E-state index in [1.54, 1.807) is 0 Å². The van der Waals surface area contributed by atoms with E-state index in [0.717, 1.165) is 26.4 Å². The molecule has 0 amide bonds. The number of nitrogens with one attached hydrogen (secondary N) is 1. The molecule has 2 rings (SSSR count). The first-order chi connectivity index (χ1) is 7.98. The molecule has 1 N–H and O–H groups in total. The molecule has 0 aromatic rings. The third kappa shape index (κ3) is 3.35. The van der Waals surface area contributed by atoms with Gasteiger partial charge in [-0.15, -0.1) is 0 Å². The van der Waals surface area contributed by atoms with Crippen molar-refractivity contribution in [3.05, 3.63) is 0 Å². The van der Waals surface area contributed by atoms with Crippen LogP contribution in [0.2, 0.25) is 0 Å². The van der Waals surface area contributed by atoms with E-state index in [1.165, 1.54) is 0 Å². The van der Waals surface area contributed by atoms with Gasteiger partial charge in [-0.3, -0.25) is 10.2 Å². The number of thiol groups is 1. The van der Waals surface area contributed by atoms with E-state index in [0.29, 0.717) is 18.7 Å². The lowest BCUT2D eigenvalue weighted by Gasteiger charge is -2.48. The Hall–Kier alpha value is 0.190. The van der Waals surface area contributed by atoms with Crippen LogP contribution in [-0.2, 0) is 9.47 Å². The Morgan fingerprint density at radius 1 is 1.18 bits per heavy atom. The van der Waals surface area contributed by atoms with E-state index in [2.05, 4.69) is 43.6 Å². The normalized spacial score (nSPS) is 37.1. The Bertz CT molecular complexity index is 257. The van der Waals surface area contributed by atoms with E-state index in [1.807, 2.05) is 0 Å². The standard InChI is InChI=1S/C12H24N2O2S/c1-12(2,3)14-4-5-15-7-10(14)9-6-16-8-11(17)13-9/h9-11,13,17H,4-8H2,1-3H3. The summed E-state index contributed by atoms with van der Waals surface area (Å²) in [6.07, 6.45) is 0. The SMILES string of the molecule is CC(C)(C)N1CCOCC1C1COCC(S)N1. The fourth-order valence-electron chi connectivity index (χ4n) is 2.66. The van der Waals surface area contributed by atoms with Gasteiger partial charge < -0.3 is 9.47 Å². The molecule has 100 valence electrons. The Morgan fingerprint density at radius 3 is 2.59 bits per heavy atom. The average Bonchev–Trinajstić information content (AvgIpc) is 2.28. The highest BCUT2D eigenvalue weighted by molar-refractivity contribution is 7.80. The maximum absolute atomic E-state index is 5.63. The minimum absolute atomic E-state index is 0.137. The highest BCUT2D eigenvalue weighted by Crippen LogP contribution is 2.23. The van der Waals surface area contributed by atoms with Crippen molar-refractivity contribution in [2.75, 3.05) is 33.0 Å². The predicted octanol–water partition coefficient (Wildman–Crippen LogP) is 0.730. The smallest absolute Gasteiger partial charge is 0.0743 e. The molecular weight excluding hydrogens is 236 g/mol. The zero-order valence-electron chi connectivity index (χ0n) is 11.0. The maximum Gasteiger partial charge on any atom is 0.0743 e. The molecule has 0 spiro atoms. The third-order valence-electron chi connectivity index (χ3n) is 3.47. The zero-order valence-corrected chi connectivity index (χ0v) is 11.9. The minimum atomic E-state index is 0.137. The second kappa shape index (κ2) is 5.45. The van der Waals surface area contributed by atoms with Crippen molar-refractivity contribution in [3.63, 3.8) is 0 Å². The lowest BCUT2D eigenvalue weighted by molar-refractivity contribution is -0.0804. The molecule has 4 nitrogen and oxygen atoms in total. The van der Waals surface area contributed by atoms with Gasteiger partial charge in [-0.25, -0.2) is 0 Å². The van der Waals surface area contributed by atoms with Crippen molar-refractivity contribution in [3.8, 4) is 0 Å². The summed E-state index contributed by atoms with van der Waals surface area (Å²) in [6.45, 7) is 10.8. The molecule has 0 aromatic carbocycles. The fourth-order valence-corrected chi connectivity index (χ4v) is 2.96. The van der Waals surface area contributed by atoms with E-state index in [-0.39, 0.29) is 10.9 Å². The van der Waals surface area contributed by atoms with Gasteiger partial charge in [0.25, 0.3) is 0 Å². The van der Waals surface area contributed by atoms with E-state index >= 15 is 0 Å². The molecule has 17 heavy (non-hydrogen) atoms. The van der Waals surface area contributed by atoms with Crippen molar-refractivity contribution in [2.24, 2.45) is 0 Å². The molecule has 0 aromatic heterocycles. The van der Waals surface area contributed by atoms with Crippen molar-refractivity contribution in [1.82, 2.24) is 10.2 Å². The van der Waals surface area contributed by atoms with Gasteiger partial charge >= 0.3 is 0 Å². The lowest BCUT2D eigenvalue weighted by Crippen LogP contribution is -2.65. The maximum atomic E-state index is 5.63. The lowest BCUT2D eigenvalue weighted by atomic mass is 9.97. The van der Waals surface area contributed by atoms with Gasteiger partial charge in [0.2, 0.25) is 0 Å². The van der Waals surface area contributed by atoms with Gasteiger partial charge in [0.15, 0.2) is 0 Å². The number of hydrogen-bond donors (Lipinski definition) is 2. The largest absolute Gasteiger partial charge is 0.378 e. The fraction of sp³-hybridized carbons (Fsp3) is 1.00. The van der Waals surface area contributed by atoms with Crippen LogP contribution in [0.3, 0.4) is 0 Å². The minimum Gasteiger partial charge on any atom is -0.378 e. The molecule has 2 fully saturated rings. The van der Waals surface area contributed by atoms with Crippen LogP contribution in [0.1, 0.15) is 20.8 Å². The summed E-state index contributed by atoms with van der Waals surface area (Å²) in [5.74, 6) is 0. The first kappa shape index (κ1) is 13.6. The Balaban J connectivity index is 2.05. The summed E-state index contributed by atoms with van der Waals surface area (Å²) in [5, 5.41) is 3.64. The second-order valence-electron chi connectivity index (χ2n) is 5.83. The molecular formula is C12H24N2O2S. The number of ether oxygens (including phenoxy) is 2. The van der Waals surface area contributed by atoms with Gasteiger partial charge in [-0.1, -0.05) is 0 Å². The summed E-state index contributed by atoms with van der Waals surface area (Å²) < 4.78 is 11.2. The number of hydrogen-bond acceptors (Lipinski definition) is 5. The van der Waals surface area contributed by atoms with Crippen LogP contribution >= 0.6 is 12.6 Å². The van der Waals surface area contributed by atoms with Gasteiger partial charge in [-0.05, 0) is 20.8 Å². The molecule has 2 aliphatic rings. The highest BCUT2D eigenvalue weighted by Gasteiger charge is 2.38. The van der Waals surface area contributed by atoms with E-state index in [9.17, 15) is 0 Å². The number of rotatable bonds is 1. The molecule has 0 radical (unpaired) electrons. The monoisotopic (exact) mass is 260 g/mol. The van der Waals surface area contributed by atoms with Crippen LogP contribution in [0.25, 0.3) is 0 Å². The molecule has 3 atom stereocenters. The molecule has 0 saturated carbocycles. The van der Waals surface area contributed by atoms with Crippen LogP contribution in [-0.4, -0.2) is 60.9 Å². The van der Waals surface area contributed by atoms with Crippen molar-refractivity contribution < 1.29 is 9.47 Å². The topological polar surface area (TPSA) is 33.7 Å². The van der Waals surface area contributed by atoms with Gasteiger partial charge in [0, 0.05) is 18.1 Å². The van der Waals surface area contributed by atoms with Gasteiger partial charge in [-0.2, -0.15) is 12.6 Å². The summed E-state index contributed by atoms with van der Waals surface area (Å²) in [5.41, 5.74) is 0.166. The van der Waals surface area contributed by atoms with Crippen molar-refractivity contribution >= 4 is 12.6 Å². The van der Waals surface area contributed by atoms with Crippen LogP contribution < -0.4 is 5.32 Å². The predicted molar refractivity (Wildman–Crippen MR) is 71.6 cm³/mol. The Kier molecular flexibility index (Phi) is 4.36. The molecule has 2 heterocycles. The molecule has 2 aliphatic heterocycles.